The number of ether oxygens (including phenoxy) is 1. The molecule has 4 heteroatoms. The first kappa shape index (κ1) is 15.5. The van der Waals surface area contributed by atoms with Gasteiger partial charge in [0.05, 0.1) is 13.8 Å². The Labute approximate surface area is 100 Å². The van der Waals surface area contributed by atoms with E-state index in [4.69, 9.17) is 9.84 Å². The highest BCUT2D eigenvalue weighted by Crippen LogP contribution is 2.29. The van der Waals surface area contributed by atoms with Crippen LogP contribution in [0, 0.1) is 0 Å². The van der Waals surface area contributed by atoms with E-state index in [9.17, 15) is 4.79 Å². The van der Waals surface area contributed by atoms with Gasteiger partial charge in [0.15, 0.2) is 0 Å². The van der Waals surface area contributed by atoms with E-state index in [0.717, 1.165) is 25.7 Å². The molecule has 0 aromatic rings. The molecule has 0 aliphatic rings. The third-order valence-corrected chi connectivity index (χ3v) is 8.67. The Morgan fingerprint density at radius 2 is 1.88 bits per heavy atom. The van der Waals surface area contributed by atoms with Crippen LogP contribution in [0.3, 0.4) is 0 Å². The zero-order valence-electron chi connectivity index (χ0n) is 11.2. The van der Waals surface area contributed by atoms with Gasteiger partial charge in [-0.2, -0.15) is 0 Å². The largest absolute Gasteiger partial charge is 0.505 e. The highest BCUT2D eigenvalue weighted by Gasteiger charge is 2.37. The van der Waals surface area contributed by atoms with Gasteiger partial charge in [-0.15, -0.1) is 0 Å². The fourth-order valence-corrected chi connectivity index (χ4v) is 3.75. The fraction of sp³-hybridized carbons (Fsp3) is 0.917. The van der Waals surface area contributed by atoms with Crippen LogP contribution in [0.15, 0.2) is 0 Å². The maximum absolute atomic E-state index is 10.7. The van der Waals surface area contributed by atoms with E-state index in [1.54, 1.807) is 0 Å². The van der Waals surface area contributed by atoms with Crippen LogP contribution < -0.4 is 0 Å². The molecule has 3 nitrogen and oxygen atoms in total. The Bertz CT molecular complexity index is 214. The van der Waals surface area contributed by atoms with Gasteiger partial charge in [0.25, 0.3) is 0 Å². The zero-order chi connectivity index (χ0) is 12.8. The minimum Gasteiger partial charge on any atom is -0.450 e. The standard InChI is InChI=1S/C12H26O3Si/c1-6-7-8-9-11(15-12(13)14)16(4,5)10(2)3/h10-11H,6-9H2,1-5H3,(H,13,14). The Balaban J connectivity index is 4.46. The number of rotatable bonds is 7. The number of hydrogen-bond acceptors (Lipinski definition) is 2. The Morgan fingerprint density at radius 1 is 1.31 bits per heavy atom. The molecule has 1 atom stereocenters. The molecule has 0 aliphatic heterocycles. The van der Waals surface area contributed by atoms with E-state index >= 15 is 0 Å². The normalized spacial score (nSPS) is 13.9. The summed E-state index contributed by atoms with van der Waals surface area (Å²) in [6, 6.07) is 0. The number of unbranched alkanes of at least 4 members (excludes halogenated alkanes) is 2. The second-order valence-corrected chi connectivity index (χ2v) is 10.8. The molecule has 0 saturated heterocycles. The lowest BCUT2D eigenvalue weighted by Crippen LogP contribution is -2.46. The topological polar surface area (TPSA) is 46.5 Å². The Hall–Kier alpha value is -0.513. The molecule has 16 heavy (non-hydrogen) atoms. The number of carbonyl (C=O) groups is 1. The molecular weight excluding hydrogens is 220 g/mol. The van der Waals surface area contributed by atoms with Gasteiger partial charge in [-0.05, 0) is 12.0 Å². The molecule has 0 fully saturated rings. The first-order valence-electron chi connectivity index (χ1n) is 6.21. The molecule has 0 saturated carbocycles. The Kier molecular flexibility index (Phi) is 6.72. The van der Waals surface area contributed by atoms with E-state index in [1.807, 2.05) is 0 Å². The molecule has 0 amide bonds. The molecule has 0 rings (SSSR count). The van der Waals surface area contributed by atoms with Crippen LogP contribution in [0.1, 0.15) is 46.5 Å². The van der Waals surface area contributed by atoms with Gasteiger partial charge >= 0.3 is 6.16 Å². The highest BCUT2D eigenvalue weighted by atomic mass is 28.3. The van der Waals surface area contributed by atoms with Gasteiger partial charge in [-0.25, -0.2) is 4.79 Å². The molecule has 1 N–H and O–H groups in total. The maximum atomic E-state index is 10.7. The minimum atomic E-state index is -1.63. The fourth-order valence-electron chi connectivity index (χ4n) is 1.66. The minimum absolute atomic E-state index is 0.0588. The van der Waals surface area contributed by atoms with Crippen LogP contribution in [0.2, 0.25) is 18.6 Å². The predicted molar refractivity (Wildman–Crippen MR) is 69.6 cm³/mol. The van der Waals surface area contributed by atoms with Gasteiger partial charge in [-0.3, -0.25) is 0 Å². The van der Waals surface area contributed by atoms with Crippen molar-refractivity contribution in [2.24, 2.45) is 0 Å². The second-order valence-electron chi connectivity index (χ2n) is 5.34. The van der Waals surface area contributed by atoms with Gasteiger partial charge in [0.1, 0.15) is 0 Å². The second kappa shape index (κ2) is 6.94. The molecule has 0 spiro atoms. The molecule has 96 valence electrons. The average molecular weight is 246 g/mol. The molecule has 0 radical (unpaired) electrons. The lowest BCUT2D eigenvalue weighted by molar-refractivity contribution is 0.0720. The Morgan fingerprint density at radius 3 is 2.25 bits per heavy atom. The van der Waals surface area contributed by atoms with Crippen molar-refractivity contribution < 1.29 is 14.6 Å². The van der Waals surface area contributed by atoms with Crippen LogP contribution in [-0.4, -0.2) is 25.1 Å². The summed E-state index contributed by atoms with van der Waals surface area (Å²) >= 11 is 0. The van der Waals surface area contributed by atoms with Crippen LogP contribution >= 0.6 is 0 Å². The van der Waals surface area contributed by atoms with Gasteiger partial charge in [0, 0.05) is 0 Å². The lowest BCUT2D eigenvalue weighted by atomic mass is 10.2. The summed E-state index contributed by atoms with van der Waals surface area (Å²) in [5, 5.41) is 8.79. The molecule has 0 bridgehead atoms. The molecular formula is C12H26O3Si. The van der Waals surface area contributed by atoms with Crippen molar-refractivity contribution in [3.8, 4) is 0 Å². The molecule has 0 aromatic carbocycles. The molecule has 1 unspecified atom stereocenters. The first-order chi connectivity index (χ1) is 7.32. The first-order valence-corrected chi connectivity index (χ1v) is 9.37. The van der Waals surface area contributed by atoms with E-state index in [-0.39, 0.29) is 5.73 Å². The third kappa shape index (κ3) is 5.01. The third-order valence-electron chi connectivity index (χ3n) is 3.63. The summed E-state index contributed by atoms with van der Waals surface area (Å²) < 4.78 is 5.10. The van der Waals surface area contributed by atoms with Crippen LogP contribution in [-0.2, 0) is 4.74 Å². The molecule has 0 heterocycles. The smallest absolute Gasteiger partial charge is 0.450 e. The maximum Gasteiger partial charge on any atom is 0.505 e. The van der Waals surface area contributed by atoms with E-state index in [1.165, 1.54) is 0 Å². The average Bonchev–Trinajstić information content (AvgIpc) is 2.15. The van der Waals surface area contributed by atoms with Crippen molar-refractivity contribution in [2.75, 3.05) is 0 Å². The molecule has 0 aliphatic carbocycles. The van der Waals surface area contributed by atoms with E-state index in [2.05, 4.69) is 33.9 Å². The predicted octanol–water partition coefficient (Wildman–Crippen LogP) is 4.29. The van der Waals surface area contributed by atoms with Crippen LogP contribution in [0.5, 0.6) is 0 Å². The van der Waals surface area contributed by atoms with Crippen LogP contribution in [0.4, 0.5) is 4.79 Å². The summed E-state index contributed by atoms with van der Waals surface area (Å²) in [5.74, 6) is 0. The van der Waals surface area contributed by atoms with E-state index < -0.39 is 14.2 Å². The van der Waals surface area contributed by atoms with Crippen LogP contribution in [0.25, 0.3) is 0 Å². The number of hydrogen-bond donors (Lipinski definition) is 1. The summed E-state index contributed by atoms with van der Waals surface area (Å²) in [4.78, 5) is 10.7. The van der Waals surface area contributed by atoms with Crippen molar-refractivity contribution in [1.29, 1.82) is 0 Å². The number of carboxylic acid groups (broad SMARTS) is 1. The van der Waals surface area contributed by atoms with Crippen molar-refractivity contribution in [3.05, 3.63) is 0 Å². The zero-order valence-corrected chi connectivity index (χ0v) is 12.2. The van der Waals surface area contributed by atoms with Crippen molar-refractivity contribution in [1.82, 2.24) is 0 Å². The quantitative estimate of drug-likeness (QED) is 0.414. The van der Waals surface area contributed by atoms with Crippen molar-refractivity contribution in [3.63, 3.8) is 0 Å². The van der Waals surface area contributed by atoms with Gasteiger partial charge in [0.2, 0.25) is 0 Å². The highest BCUT2D eigenvalue weighted by molar-refractivity contribution is 6.79. The SMILES string of the molecule is CCCCCC(OC(=O)O)[Si](C)(C)C(C)C. The van der Waals surface area contributed by atoms with Crippen molar-refractivity contribution in [2.45, 2.75) is 70.8 Å². The summed E-state index contributed by atoms with van der Waals surface area (Å²) in [6.45, 7) is 10.9. The molecule has 0 aromatic heterocycles. The van der Waals surface area contributed by atoms with Gasteiger partial charge < -0.3 is 9.84 Å². The van der Waals surface area contributed by atoms with Gasteiger partial charge in [-0.1, -0.05) is 53.1 Å². The summed E-state index contributed by atoms with van der Waals surface area (Å²) in [5.41, 5.74) is 0.482. The summed E-state index contributed by atoms with van der Waals surface area (Å²) in [7, 11) is -1.63. The monoisotopic (exact) mass is 246 g/mol. The van der Waals surface area contributed by atoms with Crippen molar-refractivity contribution >= 4 is 14.2 Å². The summed E-state index contributed by atoms with van der Waals surface area (Å²) in [6.07, 6.45) is 3.14. The van der Waals surface area contributed by atoms with E-state index in [0.29, 0.717) is 5.54 Å². The lowest BCUT2D eigenvalue weighted by Gasteiger charge is -2.34.